The van der Waals surface area contributed by atoms with E-state index in [9.17, 15) is 4.79 Å². The van der Waals surface area contributed by atoms with Crippen molar-refractivity contribution in [2.75, 3.05) is 12.4 Å². The summed E-state index contributed by atoms with van der Waals surface area (Å²) in [4.78, 5) is 12.3. The molecule has 20 heavy (non-hydrogen) atoms. The maximum atomic E-state index is 12.3. The van der Waals surface area contributed by atoms with Crippen molar-refractivity contribution in [2.24, 2.45) is 5.92 Å². The molecule has 0 bridgehead atoms. The highest BCUT2D eigenvalue weighted by atomic mass is 16.5. The minimum atomic E-state index is 0.0265. The molecule has 3 nitrogen and oxygen atoms in total. The molecule has 3 rings (SSSR count). The lowest BCUT2D eigenvalue weighted by Crippen LogP contribution is -2.23. The molecule has 0 atom stereocenters. The minimum Gasteiger partial charge on any atom is -0.497 e. The summed E-state index contributed by atoms with van der Waals surface area (Å²) < 4.78 is 5.16. The van der Waals surface area contributed by atoms with Gasteiger partial charge in [-0.2, -0.15) is 0 Å². The molecule has 2 aromatic carbocycles. The Bertz CT molecular complexity index is 611. The van der Waals surface area contributed by atoms with E-state index < -0.39 is 0 Å². The van der Waals surface area contributed by atoms with E-state index in [1.165, 1.54) is 11.1 Å². The van der Waals surface area contributed by atoms with Gasteiger partial charge in [-0.25, -0.2) is 0 Å². The number of carbonyl (C=O) groups is 1. The Balaban J connectivity index is 1.69. The Kier molecular flexibility index (Phi) is 3.42. The Morgan fingerprint density at radius 1 is 1.10 bits per heavy atom. The Morgan fingerprint density at radius 3 is 2.45 bits per heavy atom. The smallest absolute Gasteiger partial charge is 0.228 e. The quantitative estimate of drug-likeness (QED) is 0.928. The zero-order valence-corrected chi connectivity index (χ0v) is 11.4. The molecule has 0 fully saturated rings. The molecule has 0 heterocycles. The molecule has 102 valence electrons. The molecular weight excluding hydrogens is 250 g/mol. The average molecular weight is 267 g/mol. The van der Waals surface area contributed by atoms with E-state index in [-0.39, 0.29) is 11.8 Å². The predicted molar refractivity (Wildman–Crippen MR) is 79.0 cm³/mol. The standard InChI is InChI=1S/C17H17NO2/c1-20-16-8-4-7-15(11-16)18-17(19)14-9-12-5-2-3-6-13(12)10-14/h2-8,11,14H,9-10H2,1H3,(H,18,19). The number of methoxy groups -OCH3 is 1. The SMILES string of the molecule is COc1cccc(NC(=O)C2Cc3ccccc3C2)c1. The summed E-state index contributed by atoms with van der Waals surface area (Å²) in [6.07, 6.45) is 1.65. The van der Waals surface area contributed by atoms with Crippen LogP contribution in [-0.4, -0.2) is 13.0 Å². The Morgan fingerprint density at radius 2 is 1.80 bits per heavy atom. The molecule has 2 aromatic rings. The number of hydrogen-bond acceptors (Lipinski definition) is 2. The zero-order chi connectivity index (χ0) is 13.9. The van der Waals surface area contributed by atoms with Crippen molar-refractivity contribution in [1.29, 1.82) is 0 Å². The third kappa shape index (κ3) is 2.52. The van der Waals surface area contributed by atoms with E-state index in [1.807, 2.05) is 36.4 Å². The summed E-state index contributed by atoms with van der Waals surface area (Å²) in [5.41, 5.74) is 3.36. The van der Waals surface area contributed by atoms with E-state index in [0.29, 0.717) is 0 Å². The van der Waals surface area contributed by atoms with Gasteiger partial charge in [0.2, 0.25) is 5.91 Å². The van der Waals surface area contributed by atoms with Crippen LogP contribution in [0, 0.1) is 5.92 Å². The largest absolute Gasteiger partial charge is 0.497 e. The zero-order valence-electron chi connectivity index (χ0n) is 11.4. The highest BCUT2D eigenvalue weighted by Gasteiger charge is 2.26. The van der Waals surface area contributed by atoms with E-state index in [4.69, 9.17) is 4.74 Å². The number of anilines is 1. The van der Waals surface area contributed by atoms with Crippen LogP contribution in [0.1, 0.15) is 11.1 Å². The van der Waals surface area contributed by atoms with Gasteiger partial charge in [-0.1, -0.05) is 30.3 Å². The third-order valence-electron chi connectivity index (χ3n) is 3.76. The first-order chi connectivity index (χ1) is 9.76. The normalized spacial score (nSPS) is 13.8. The van der Waals surface area contributed by atoms with Gasteiger partial charge < -0.3 is 10.1 Å². The number of hydrogen-bond donors (Lipinski definition) is 1. The Labute approximate surface area is 118 Å². The van der Waals surface area contributed by atoms with Crippen LogP contribution in [0.3, 0.4) is 0 Å². The predicted octanol–water partition coefficient (Wildman–Crippen LogP) is 3.05. The first-order valence-electron chi connectivity index (χ1n) is 6.78. The fourth-order valence-electron chi connectivity index (χ4n) is 2.69. The summed E-state index contributed by atoms with van der Waals surface area (Å²) in [6.45, 7) is 0. The van der Waals surface area contributed by atoms with E-state index >= 15 is 0 Å². The van der Waals surface area contributed by atoms with Gasteiger partial charge >= 0.3 is 0 Å². The second-order valence-corrected chi connectivity index (χ2v) is 5.10. The first-order valence-corrected chi connectivity index (χ1v) is 6.78. The molecule has 0 aromatic heterocycles. The van der Waals surface area contributed by atoms with E-state index in [2.05, 4.69) is 17.4 Å². The van der Waals surface area contributed by atoms with Gasteiger partial charge in [0.05, 0.1) is 7.11 Å². The van der Waals surface area contributed by atoms with Gasteiger partial charge in [0.1, 0.15) is 5.75 Å². The molecule has 1 amide bonds. The van der Waals surface area contributed by atoms with Crippen LogP contribution < -0.4 is 10.1 Å². The van der Waals surface area contributed by atoms with Crippen molar-refractivity contribution >= 4 is 11.6 Å². The highest BCUT2D eigenvalue weighted by molar-refractivity contribution is 5.93. The minimum absolute atomic E-state index is 0.0265. The lowest BCUT2D eigenvalue weighted by molar-refractivity contribution is -0.119. The lowest BCUT2D eigenvalue weighted by Gasteiger charge is -2.11. The first kappa shape index (κ1) is 12.7. The van der Waals surface area contributed by atoms with Crippen molar-refractivity contribution in [3.63, 3.8) is 0 Å². The summed E-state index contributed by atoms with van der Waals surface area (Å²) in [5, 5.41) is 2.97. The van der Waals surface area contributed by atoms with Crippen molar-refractivity contribution < 1.29 is 9.53 Å². The van der Waals surface area contributed by atoms with Crippen LogP contribution in [0.4, 0.5) is 5.69 Å². The molecule has 1 aliphatic rings. The molecule has 0 spiro atoms. The molecule has 0 radical (unpaired) electrons. The number of carbonyl (C=O) groups excluding carboxylic acids is 1. The van der Waals surface area contributed by atoms with Crippen molar-refractivity contribution in [3.05, 3.63) is 59.7 Å². The third-order valence-corrected chi connectivity index (χ3v) is 3.76. The monoisotopic (exact) mass is 267 g/mol. The molecule has 0 unspecified atom stereocenters. The number of rotatable bonds is 3. The number of benzene rings is 2. The van der Waals surface area contributed by atoms with Crippen molar-refractivity contribution in [1.82, 2.24) is 0 Å². The Hall–Kier alpha value is -2.29. The molecular formula is C17H17NO2. The second-order valence-electron chi connectivity index (χ2n) is 5.10. The topological polar surface area (TPSA) is 38.3 Å². The second kappa shape index (κ2) is 5.37. The summed E-state index contributed by atoms with van der Waals surface area (Å²) >= 11 is 0. The average Bonchev–Trinajstić information content (AvgIpc) is 2.91. The summed E-state index contributed by atoms with van der Waals surface area (Å²) in [5.74, 6) is 0.852. The van der Waals surface area contributed by atoms with E-state index in [0.717, 1.165) is 24.3 Å². The molecule has 0 saturated heterocycles. The van der Waals surface area contributed by atoms with Crippen LogP contribution in [0.5, 0.6) is 5.75 Å². The van der Waals surface area contributed by atoms with Gasteiger partial charge in [0.25, 0.3) is 0 Å². The number of fused-ring (bicyclic) bond motifs is 1. The van der Waals surface area contributed by atoms with Gasteiger partial charge in [0, 0.05) is 17.7 Å². The van der Waals surface area contributed by atoms with Crippen molar-refractivity contribution in [3.8, 4) is 5.75 Å². The van der Waals surface area contributed by atoms with Crippen LogP contribution in [0.15, 0.2) is 48.5 Å². The van der Waals surface area contributed by atoms with Crippen molar-refractivity contribution in [2.45, 2.75) is 12.8 Å². The van der Waals surface area contributed by atoms with Crippen LogP contribution in [0.25, 0.3) is 0 Å². The highest BCUT2D eigenvalue weighted by Crippen LogP contribution is 2.27. The maximum absolute atomic E-state index is 12.3. The van der Waals surface area contributed by atoms with E-state index in [1.54, 1.807) is 7.11 Å². The van der Waals surface area contributed by atoms with Crippen LogP contribution >= 0.6 is 0 Å². The van der Waals surface area contributed by atoms with Gasteiger partial charge in [-0.3, -0.25) is 4.79 Å². The van der Waals surface area contributed by atoms with Gasteiger partial charge in [-0.15, -0.1) is 0 Å². The lowest BCUT2D eigenvalue weighted by atomic mass is 10.1. The van der Waals surface area contributed by atoms with Crippen LogP contribution in [-0.2, 0) is 17.6 Å². The molecule has 1 aliphatic carbocycles. The number of nitrogens with one attached hydrogen (secondary N) is 1. The summed E-state index contributed by atoms with van der Waals surface area (Å²) in [7, 11) is 1.62. The van der Waals surface area contributed by atoms with Crippen LogP contribution in [0.2, 0.25) is 0 Å². The number of ether oxygens (including phenoxy) is 1. The number of amides is 1. The maximum Gasteiger partial charge on any atom is 0.228 e. The molecule has 0 aliphatic heterocycles. The molecule has 0 saturated carbocycles. The van der Waals surface area contributed by atoms with Gasteiger partial charge in [0.15, 0.2) is 0 Å². The fraction of sp³-hybridized carbons (Fsp3) is 0.235. The molecule has 1 N–H and O–H groups in total. The summed E-state index contributed by atoms with van der Waals surface area (Å²) in [6, 6.07) is 15.7. The van der Waals surface area contributed by atoms with Gasteiger partial charge in [-0.05, 0) is 36.1 Å². The fourth-order valence-corrected chi connectivity index (χ4v) is 2.69. The molecule has 3 heteroatoms.